The zero-order valence-electron chi connectivity index (χ0n) is 12.3. The van der Waals surface area contributed by atoms with Gasteiger partial charge in [0.15, 0.2) is 0 Å². The maximum atomic E-state index is 11.3. The van der Waals surface area contributed by atoms with Crippen LogP contribution in [-0.2, 0) is 30.3 Å². The predicted octanol–water partition coefficient (Wildman–Crippen LogP) is 1.97. The van der Waals surface area contributed by atoms with Crippen molar-refractivity contribution in [3.63, 3.8) is 0 Å². The fourth-order valence-electron chi connectivity index (χ4n) is 2.82. The summed E-state index contributed by atoms with van der Waals surface area (Å²) in [6.07, 6.45) is 7.96. The summed E-state index contributed by atoms with van der Waals surface area (Å²) in [7, 11) is -0.893. The summed E-state index contributed by atoms with van der Waals surface area (Å²) in [5.74, 6) is 1.89. The molecule has 0 radical (unpaired) electrons. The van der Waals surface area contributed by atoms with E-state index in [9.17, 15) is 4.21 Å². The van der Waals surface area contributed by atoms with Crippen molar-refractivity contribution in [1.29, 1.82) is 0 Å². The highest BCUT2D eigenvalue weighted by atomic mass is 32.2. The molecule has 21 heavy (non-hydrogen) atoms. The van der Waals surface area contributed by atoms with Gasteiger partial charge >= 0.3 is 0 Å². The van der Waals surface area contributed by atoms with Gasteiger partial charge in [0.05, 0.1) is 0 Å². The van der Waals surface area contributed by atoms with Crippen LogP contribution in [0.15, 0.2) is 41.6 Å². The quantitative estimate of drug-likeness (QED) is 0.918. The van der Waals surface area contributed by atoms with Crippen LogP contribution < -0.4 is 5.32 Å². The van der Waals surface area contributed by atoms with Gasteiger partial charge in [0.25, 0.3) is 0 Å². The Morgan fingerprint density at radius 3 is 2.95 bits per heavy atom. The van der Waals surface area contributed by atoms with Gasteiger partial charge in [-0.25, -0.2) is 4.98 Å². The highest BCUT2D eigenvalue weighted by molar-refractivity contribution is 7.84. The van der Waals surface area contributed by atoms with Gasteiger partial charge in [-0.2, -0.15) is 0 Å². The molecule has 0 amide bonds. The van der Waals surface area contributed by atoms with E-state index in [0.29, 0.717) is 5.92 Å². The van der Waals surface area contributed by atoms with Crippen LogP contribution in [0.25, 0.3) is 0 Å². The Kier molecular flexibility index (Phi) is 4.51. The number of nitrogens with one attached hydrogen (secondary N) is 1. The number of benzene rings is 1. The maximum Gasteiger partial charge on any atom is 0.108 e. The van der Waals surface area contributed by atoms with E-state index in [-0.39, 0.29) is 0 Å². The van der Waals surface area contributed by atoms with Crippen LogP contribution in [0.2, 0.25) is 0 Å². The van der Waals surface area contributed by atoms with Crippen molar-refractivity contribution in [1.82, 2.24) is 14.9 Å². The molecule has 112 valence electrons. The summed E-state index contributed by atoms with van der Waals surface area (Å²) in [6.45, 7) is 2.96. The number of hydrogen-bond donors (Lipinski definition) is 1. The third kappa shape index (κ3) is 3.60. The number of rotatable bonds is 5. The number of aromatic nitrogens is 2. The van der Waals surface area contributed by atoms with E-state index in [4.69, 9.17) is 0 Å². The fraction of sp³-hybridized carbons (Fsp3) is 0.438. The van der Waals surface area contributed by atoms with Crippen molar-refractivity contribution in [2.45, 2.75) is 30.8 Å². The van der Waals surface area contributed by atoms with Crippen molar-refractivity contribution < 1.29 is 4.21 Å². The monoisotopic (exact) mass is 303 g/mol. The Balaban J connectivity index is 1.47. The Labute approximate surface area is 128 Å². The third-order valence-corrected chi connectivity index (χ3v) is 4.99. The average Bonchev–Trinajstić information content (AvgIpc) is 2.95. The molecule has 1 aromatic carbocycles. The molecule has 0 aliphatic carbocycles. The number of hydrogen-bond acceptors (Lipinski definition) is 3. The topological polar surface area (TPSA) is 46.9 Å². The molecule has 2 atom stereocenters. The van der Waals surface area contributed by atoms with Gasteiger partial charge < -0.3 is 9.88 Å². The Bertz CT molecular complexity index is 621. The first kappa shape index (κ1) is 14.5. The second kappa shape index (κ2) is 6.54. The average molecular weight is 303 g/mol. The molecule has 0 fully saturated rings. The minimum atomic E-state index is -0.893. The second-order valence-corrected chi connectivity index (χ2v) is 7.01. The molecule has 2 heterocycles. The van der Waals surface area contributed by atoms with Crippen LogP contribution >= 0.6 is 0 Å². The summed E-state index contributed by atoms with van der Waals surface area (Å²) < 4.78 is 13.6. The SMILES string of the molecule is CS(=O)c1ccc(CNCC2CCc3nccn3C2)cc1. The molecule has 0 spiro atoms. The first-order valence-electron chi connectivity index (χ1n) is 7.35. The number of imidazole rings is 1. The predicted molar refractivity (Wildman–Crippen MR) is 84.5 cm³/mol. The normalized spacial score (nSPS) is 19.2. The molecule has 4 nitrogen and oxygen atoms in total. The lowest BCUT2D eigenvalue weighted by atomic mass is 9.99. The molecule has 5 heteroatoms. The first-order valence-corrected chi connectivity index (χ1v) is 8.91. The van der Waals surface area contributed by atoms with E-state index in [2.05, 4.69) is 33.2 Å². The Hall–Kier alpha value is -1.46. The van der Waals surface area contributed by atoms with Gasteiger partial charge in [0.2, 0.25) is 0 Å². The maximum absolute atomic E-state index is 11.3. The molecular weight excluding hydrogens is 282 g/mol. The van der Waals surface area contributed by atoms with Crippen LogP contribution in [0, 0.1) is 5.92 Å². The largest absolute Gasteiger partial charge is 0.335 e. The van der Waals surface area contributed by atoms with Gasteiger partial charge in [-0.3, -0.25) is 4.21 Å². The Morgan fingerprint density at radius 2 is 2.19 bits per heavy atom. The van der Waals surface area contributed by atoms with Gasteiger partial charge in [-0.15, -0.1) is 0 Å². The van der Waals surface area contributed by atoms with Gasteiger partial charge in [0.1, 0.15) is 5.82 Å². The molecule has 1 N–H and O–H groups in total. The van der Waals surface area contributed by atoms with E-state index in [0.717, 1.165) is 31.0 Å². The zero-order chi connectivity index (χ0) is 14.7. The molecule has 1 aromatic heterocycles. The lowest BCUT2D eigenvalue weighted by Gasteiger charge is -2.24. The van der Waals surface area contributed by atoms with Crippen LogP contribution in [-0.4, -0.2) is 26.6 Å². The highest BCUT2D eigenvalue weighted by Gasteiger charge is 2.18. The lowest BCUT2D eigenvalue weighted by Crippen LogP contribution is -2.29. The summed E-state index contributed by atoms with van der Waals surface area (Å²) in [4.78, 5) is 5.25. The molecule has 3 rings (SSSR count). The lowest BCUT2D eigenvalue weighted by molar-refractivity contribution is 0.347. The molecule has 2 aromatic rings. The molecule has 2 unspecified atom stereocenters. The van der Waals surface area contributed by atoms with E-state index in [1.807, 2.05) is 18.3 Å². The molecule has 1 aliphatic heterocycles. The number of aryl methyl sites for hydroxylation is 1. The van der Waals surface area contributed by atoms with Crippen LogP contribution in [0.4, 0.5) is 0 Å². The molecular formula is C16H21N3OS. The van der Waals surface area contributed by atoms with Crippen molar-refractivity contribution in [2.75, 3.05) is 12.8 Å². The number of nitrogens with zero attached hydrogens (tertiary/aromatic N) is 2. The van der Waals surface area contributed by atoms with Crippen LogP contribution in [0.3, 0.4) is 0 Å². The van der Waals surface area contributed by atoms with E-state index in [1.54, 1.807) is 6.26 Å². The van der Waals surface area contributed by atoms with E-state index in [1.165, 1.54) is 17.8 Å². The van der Waals surface area contributed by atoms with Crippen LogP contribution in [0.1, 0.15) is 17.8 Å². The van der Waals surface area contributed by atoms with Crippen molar-refractivity contribution in [3.05, 3.63) is 48.0 Å². The third-order valence-electron chi connectivity index (χ3n) is 4.05. The van der Waals surface area contributed by atoms with Crippen molar-refractivity contribution >= 4 is 10.8 Å². The van der Waals surface area contributed by atoms with Crippen molar-refractivity contribution in [3.8, 4) is 0 Å². The summed E-state index contributed by atoms with van der Waals surface area (Å²) in [5.41, 5.74) is 1.24. The van der Waals surface area contributed by atoms with Crippen LogP contribution in [0.5, 0.6) is 0 Å². The number of fused-ring (bicyclic) bond motifs is 1. The Morgan fingerprint density at radius 1 is 1.38 bits per heavy atom. The minimum absolute atomic E-state index is 0.675. The summed E-state index contributed by atoms with van der Waals surface area (Å²) in [5, 5.41) is 3.53. The van der Waals surface area contributed by atoms with Gasteiger partial charge in [0, 0.05) is 53.9 Å². The molecule has 1 aliphatic rings. The van der Waals surface area contributed by atoms with Gasteiger partial charge in [-0.05, 0) is 36.6 Å². The highest BCUT2D eigenvalue weighted by Crippen LogP contribution is 2.18. The first-order chi connectivity index (χ1) is 10.2. The molecule has 0 saturated heterocycles. The fourth-order valence-corrected chi connectivity index (χ4v) is 3.34. The summed E-state index contributed by atoms with van der Waals surface area (Å²) in [6, 6.07) is 8.01. The smallest absolute Gasteiger partial charge is 0.108 e. The molecule has 0 saturated carbocycles. The summed E-state index contributed by atoms with van der Waals surface area (Å²) >= 11 is 0. The zero-order valence-corrected chi connectivity index (χ0v) is 13.1. The molecule has 0 bridgehead atoms. The second-order valence-electron chi connectivity index (χ2n) is 5.63. The van der Waals surface area contributed by atoms with Gasteiger partial charge in [-0.1, -0.05) is 12.1 Å². The standard InChI is InChI=1S/C16H21N3OS/c1-21(20)15-5-2-13(3-6-15)10-17-11-14-4-7-16-18-8-9-19(16)12-14/h2-3,5-6,8-9,14,17H,4,7,10-12H2,1H3. The van der Waals surface area contributed by atoms with E-state index < -0.39 is 10.8 Å². The minimum Gasteiger partial charge on any atom is -0.335 e. The van der Waals surface area contributed by atoms with E-state index >= 15 is 0 Å². The van der Waals surface area contributed by atoms with Crippen molar-refractivity contribution in [2.24, 2.45) is 5.92 Å².